The highest BCUT2D eigenvalue weighted by molar-refractivity contribution is 7.18. The summed E-state index contributed by atoms with van der Waals surface area (Å²) >= 11 is 1.40. The van der Waals surface area contributed by atoms with Crippen LogP contribution in [0.2, 0.25) is 0 Å². The van der Waals surface area contributed by atoms with Crippen LogP contribution >= 0.6 is 11.3 Å². The molecule has 0 aliphatic rings. The lowest BCUT2D eigenvalue weighted by Crippen LogP contribution is -2.30. The van der Waals surface area contributed by atoms with Crippen molar-refractivity contribution < 1.29 is 4.79 Å². The minimum Gasteiger partial charge on any atom is -0.283 e. The Morgan fingerprint density at radius 2 is 1.81 bits per heavy atom. The highest BCUT2D eigenvalue weighted by Crippen LogP contribution is 2.31. The third-order valence-electron chi connectivity index (χ3n) is 4.04. The van der Waals surface area contributed by atoms with Crippen LogP contribution in [0.5, 0.6) is 0 Å². The molecule has 6 nitrogen and oxygen atoms in total. The summed E-state index contributed by atoms with van der Waals surface area (Å²) in [6, 6.07) is 9.97. The third-order valence-corrected chi connectivity index (χ3v) is 5.03. The fourth-order valence-electron chi connectivity index (χ4n) is 2.49. The predicted octanol–water partition coefficient (Wildman–Crippen LogP) is 3.96. The second kappa shape index (κ2) is 7.29. The molecule has 0 unspecified atom stereocenters. The Hall–Kier alpha value is -2.67. The smallest absolute Gasteiger partial charge is 0.261 e. The molecule has 2 heterocycles. The summed E-state index contributed by atoms with van der Waals surface area (Å²) in [5.41, 5.74) is 2.85. The molecule has 2 aromatic heterocycles. The molecule has 0 fully saturated rings. The number of nitrogens with zero attached hydrogens (tertiary/aromatic N) is 5. The minimum atomic E-state index is -0.159. The van der Waals surface area contributed by atoms with Gasteiger partial charge in [0.1, 0.15) is 5.01 Å². The molecule has 7 heteroatoms. The van der Waals surface area contributed by atoms with E-state index >= 15 is 0 Å². The van der Waals surface area contributed by atoms with Gasteiger partial charge in [0.05, 0.1) is 18.0 Å². The molecule has 3 rings (SSSR count). The maximum absolute atomic E-state index is 12.7. The number of aromatic nitrogens is 4. The van der Waals surface area contributed by atoms with Crippen LogP contribution in [-0.2, 0) is 5.41 Å². The first-order valence-electron chi connectivity index (χ1n) is 8.43. The zero-order valence-electron chi connectivity index (χ0n) is 15.3. The third kappa shape index (κ3) is 3.77. The normalized spacial score (nSPS) is 11.4. The van der Waals surface area contributed by atoms with Gasteiger partial charge in [0.15, 0.2) is 0 Å². The van der Waals surface area contributed by atoms with Gasteiger partial charge in [-0.3, -0.25) is 9.69 Å². The van der Waals surface area contributed by atoms with Crippen molar-refractivity contribution in [2.24, 2.45) is 0 Å². The lowest BCUT2D eigenvalue weighted by molar-refractivity contribution is 0.0987. The van der Waals surface area contributed by atoms with Gasteiger partial charge in [0.2, 0.25) is 5.13 Å². The summed E-state index contributed by atoms with van der Waals surface area (Å²) in [5, 5.41) is 17.3. The fourth-order valence-corrected chi connectivity index (χ4v) is 3.41. The van der Waals surface area contributed by atoms with Crippen LogP contribution in [0.1, 0.15) is 43.6 Å². The molecule has 1 aromatic carbocycles. The minimum absolute atomic E-state index is 0.106. The molecule has 0 saturated carbocycles. The fraction of sp³-hybridized carbons (Fsp3) is 0.316. The number of amides is 1. The summed E-state index contributed by atoms with van der Waals surface area (Å²) in [6.07, 6.45) is 2.96. The highest BCUT2D eigenvalue weighted by atomic mass is 32.1. The van der Waals surface area contributed by atoms with Gasteiger partial charge >= 0.3 is 0 Å². The quantitative estimate of drug-likeness (QED) is 0.698. The van der Waals surface area contributed by atoms with E-state index in [0.717, 1.165) is 10.6 Å². The number of benzene rings is 1. The monoisotopic (exact) mass is 367 g/mol. The Morgan fingerprint density at radius 3 is 2.38 bits per heavy atom. The summed E-state index contributed by atoms with van der Waals surface area (Å²) < 4.78 is 0. The van der Waals surface area contributed by atoms with Crippen LogP contribution in [0.25, 0.3) is 10.6 Å². The highest BCUT2D eigenvalue weighted by Gasteiger charge is 2.21. The molecule has 0 radical (unpaired) electrons. The van der Waals surface area contributed by atoms with Gasteiger partial charge in [-0.25, -0.2) is 0 Å². The molecule has 134 valence electrons. The van der Waals surface area contributed by atoms with E-state index in [-0.39, 0.29) is 11.3 Å². The van der Waals surface area contributed by atoms with Crippen LogP contribution < -0.4 is 4.90 Å². The topological polar surface area (TPSA) is 71.9 Å². The molecule has 0 saturated heterocycles. The van der Waals surface area contributed by atoms with Crippen molar-refractivity contribution in [2.75, 3.05) is 11.4 Å². The van der Waals surface area contributed by atoms with Gasteiger partial charge in [0.25, 0.3) is 5.91 Å². The molecule has 3 aromatic rings. The first-order valence-corrected chi connectivity index (χ1v) is 9.25. The molecule has 0 spiro atoms. The van der Waals surface area contributed by atoms with E-state index in [9.17, 15) is 4.79 Å². The largest absolute Gasteiger partial charge is 0.283 e. The summed E-state index contributed by atoms with van der Waals surface area (Å²) in [4.78, 5) is 14.3. The SMILES string of the molecule is CCN(C(=O)c1ccnnc1)c1nnc(-c2ccc(C(C)(C)C)cc2)s1. The second-order valence-corrected chi connectivity index (χ2v) is 7.85. The molecule has 0 N–H and O–H groups in total. The lowest BCUT2D eigenvalue weighted by atomic mass is 9.87. The molecule has 0 bridgehead atoms. The zero-order chi connectivity index (χ0) is 18.7. The molecular formula is C19H21N5OS. The Labute approximate surface area is 156 Å². The Bertz CT molecular complexity index is 884. The Kier molecular flexibility index (Phi) is 5.08. The molecule has 0 aliphatic carbocycles. The van der Waals surface area contributed by atoms with E-state index in [4.69, 9.17) is 0 Å². The molecule has 26 heavy (non-hydrogen) atoms. The number of hydrogen-bond acceptors (Lipinski definition) is 6. The standard InChI is InChI=1S/C19H21N5OS/c1-5-24(17(25)14-10-11-20-21-12-14)18-23-22-16(26-18)13-6-8-15(9-7-13)19(2,3)4/h6-12H,5H2,1-4H3. The molecule has 0 atom stereocenters. The van der Waals surface area contributed by atoms with E-state index in [0.29, 0.717) is 17.2 Å². The van der Waals surface area contributed by atoms with E-state index in [1.807, 2.05) is 6.92 Å². The predicted molar refractivity (Wildman–Crippen MR) is 103 cm³/mol. The first-order chi connectivity index (χ1) is 12.4. The average Bonchev–Trinajstić information content (AvgIpc) is 3.12. The van der Waals surface area contributed by atoms with Crippen molar-refractivity contribution in [1.29, 1.82) is 0 Å². The van der Waals surface area contributed by atoms with E-state index in [1.165, 1.54) is 29.3 Å². The van der Waals surface area contributed by atoms with Crippen LogP contribution in [-0.4, -0.2) is 32.8 Å². The van der Waals surface area contributed by atoms with Crippen LogP contribution in [0.3, 0.4) is 0 Å². The van der Waals surface area contributed by atoms with Crippen LogP contribution in [0, 0.1) is 0 Å². The van der Waals surface area contributed by atoms with Crippen molar-refractivity contribution in [1.82, 2.24) is 20.4 Å². The van der Waals surface area contributed by atoms with Crippen molar-refractivity contribution in [3.05, 3.63) is 53.9 Å². The van der Waals surface area contributed by atoms with Crippen molar-refractivity contribution >= 4 is 22.4 Å². The van der Waals surface area contributed by atoms with Crippen LogP contribution in [0.15, 0.2) is 42.7 Å². The van der Waals surface area contributed by atoms with E-state index in [1.54, 1.807) is 11.0 Å². The summed E-state index contributed by atoms with van der Waals surface area (Å²) in [5.74, 6) is -0.159. The Morgan fingerprint density at radius 1 is 1.08 bits per heavy atom. The van der Waals surface area contributed by atoms with E-state index < -0.39 is 0 Å². The zero-order valence-corrected chi connectivity index (χ0v) is 16.1. The number of anilines is 1. The number of carbonyl (C=O) groups is 1. The van der Waals surface area contributed by atoms with Gasteiger partial charge in [-0.05, 0) is 24.0 Å². The lowest BCUT2D eigenvalue weighted by Gasteiger charge is -2.18. The van der Waals surface area contributed by atoms with Gasteiger partial charge in [-0.1, -0.05) is 56.4 Å². The molecule has 0 aliphatic heterocycles. The molecular weight excluding hydrogens is 346 g/mol. The van der Waals surface area contributed by atoms with Crippen molar-refractivity contribution in [2.45, 2.75) is 33.1 Å². The maximum Gasteiger partial charge on any atom is 0.261 e. The Balaban J connectivity index is 1.85. The van der Waals surface area contributed by atoms with Crippen molar-refractivity contribution in [3.63, 3.8) is 0 Å². The van der Waals surface area contributed by atoms with Gasteiger partial charge in [0, 0.05) is 12.1 Å². The number of hydrogen-bond donors (Lipinski definition) is 0. The number of carbonyl (C=O) groups excluding carboxylic acids is 1. The van der Waals surface area contributed by atoms with Gasteiger partial charge in [-0.2, -0.15) is 10.2 Å². The van der Waals surface area contributed by atoms with Gasteiger partial charge in [-0.15, -0.1) is 10.2 Å². The first kappa shape index (κ1) is 18.1. The maximum atomic E-state index is 12.7. The van der Waals surface area contributed by atoms with Crippen LogP contribution in [0.4, 0.5) is 5.13 Å². The van der Waals surface area contributed by atoms with Gasteiger partial charge < -0.3 is 0 Å². The van der Waals surface area contributed by atoms with E-state index in [2.05, 4.69) is 65.4 Å². The average molecular weight is 367 g/mol. The molecule has 1 amide bonds. The number of rotatable bonds is 4. The summed E-state index contributed by atoms with van der Waals surface area (Å²) in [6.45, 7) is 8.96. The van der Waals surface area contributed by atoms with Crippen molar-refractivity contribution in [3.8, 4) is 10.6 Å². The summed E-state index contributed by atoms with van der Waals surface area (Å²) in [7, 11) is 0. The second-order valence-electron chi connectivity index (χ2n) is 6.90.